The van der Waals surface area contributed by atoms with Gasteiger partial charge in [-0.2, -0.15) is 10.1 Å². The second-order valence-corrected chi connectivity index (χ2v) is 4.38. The first kappa shape index (κ1) is 12.3. The Morgan fingerprint density at radius 3 is 2.75 bits per heavy atom. The fourth-order valence-corrected chi connectivity index (χ4v) is 1.79. The lowest BCUT2D eigenvalue weighted by Crippen LogP contribution is -2.05. The van der Waals surface area contributed by atoms with Crippen LogP contribution in [0.1, 0.15) is 11.1 Å². The molecular weight excluding hydrogens is 252 g/mol. The highest BCUT2D eigenvalue weighted by Gasteiger charge is 2.07. The van der Waals surface area contributed by atoms with Crippen LogP contribution in [0.4, 0.5) is 0 Å². The Balaban J connectivity index is 1.80. The molecule has 0 aliphatic heterocycles. The maximum atomic E-state index is 5.77. The molecule has 1 aromatic carbocycles. The third-order valence-corrected chi connectivity index (χ3v) is 2.84. The minimum atomic E-state index is 0.483. The van der Waals surface area contributed by atoms with Crippen molar-refractivity contribution in [3.63, 3.8) is 0 Å². The molecule has 0 fully saturated rings. The van der Waals surface area contributed by atoms with Crippen LogP contribution in [0.25, 0.3) is 5.95 Å². The van der Waals surface area contributed by atoms with Crippen LogP contribution in [0, 0.1) is 6.92 Å². The summed E-state index contributed by atoms with van der Waals surface area (Å²) in [7, 11) is 0. The van der Waals surface area contributed by atoms with Crippen molar-refractivity contribution in [2.45, 2.75) is 13.5 Å². The summed E-state index contributed by atoms with van der Waals surface area (Å²) in [5.74, 6) is 1.08. The highest BCUT2D eigenvalue weighted by Crippen LogP contribution is 2.16. The van der Waals surface area contributed by atoms with E-state index in [4.69, 9.17) is 4.74 Å². The lowest BCUT2D eigenvalue weighted by molar-refractivity contribution is 0.290. The van der Waals surface area contributed by atoms with Crippen molar-refractivity contribution in [3.8, 4) is 11.8 Å². The first-order chi connectivity index (χ1) is 9.83. The van der Waals surface area contributed by atoms with Crippen molar-refractivity contribution in [1.82, 2.24) is 19.7 Å². The molecule has 2 heterocycles. The van der Waals surface area contributed by atoms with Crippen LogP contribution in [-0.2, 0) is 6.61 Å². The Hall–Kier alpha value is -2.69. The zero-order chi connectivity index (χ0) is 13.8. The molecule has 0 spiro atoms. The zero-order valence-electron chi connectivity index (χ0n) is 11.1. The van der Waals surface area contributed by atoms with Gasteiger partial charge in [-0.05, 0) is 18.6 Å². The van der Waals surface area contributed by atoms with E-state index in [0.29, 0.717) is 18.4 Å². The van der Waals surface area contributed by atoms with E-state index < -0.39 is 0 Å². The van der Waals surface area contributed by atoms with Crippen molar-refractivity contribution in [2.75, 3.05) is 0 Å². The van der Waals surface area contributed by atoms with Gasteiger partial charge >= 0.3 is 0 Å². The quantitative estimate of drug-likeness (QED) is 0.728. The molecule has 0 amide bonds. The molecule has 5 heteroatoms. The van der Waals surface area contributed by atoms with Crippen LogP contribution in [0.3, 0.4) is 0 Å². The van der Waals surface area contributed by atoms with E-state index in [-0.39, 0.29) is 0 Å². The third-order valence-electron chi connectivity index (χ3n) is 2.84. The Kier molecular flexibility index (Phi) is 3.41. The molecule has 0 bridgehead atoms. The van der Waals surface area contributed by atoms with E-state index in [1.165, 1.54) is 0 Å². The minimum Gasteiger partial charge on any atom is -0.472 e. The van der Waals surface area contributed by atoms with E-state index in [2.05, 4.69) is 15.1 Å². The normalized spacial score (nSPS) is 10.4. The Morgan fingerprint density at radius 2 is 2.00 bits per heavy atom. The smallest absolute Gasteiger partial charge is 0.253 e. The summed E-state index contributed by atoms with van der Waals surface area (Å²) in [5, 5.41) is 4.11. The lowest BCUT2D eigenvalue weighted by atomic mass is 10.2. The minimum absolute atomic E-state index is 0.483. The van der Waals surface area contributed by atoms with Crippen LogP contribution < -0.4 is 4.74 Å². The highest BCUT2D eigenvalue weighted by atomic mass is 16.5. The van der Waals surface area contributed by atoms with Gasteiger partial charge in [-0.15, -0.1) is 0 Å². The zero-order valence-corrected chi connectivity index (χ0v) is 11.1. The molecule has 5 nitrogen and oxygen atoms in total. The van der Waals surface area contributed by atoms with Gasteiger partial charge in [0.15, 0.2) is 0 Å². The molecule has 100 valence electrons. The highest BCUT2D eigenvalue weighted by molar-refractivity contribution is 5.26. The number of rotatable bonds is 4. The molecule has 2 aromatic heterocycles. The van der Waals surface area contributed by atoms with Gasteiger partial charge in [0.1, 0.15) is 6.61 Å². The predicted octanol–water partition coefficient (Wildman–Crippen LogP) is 2.55. The average Bonchev–Trinajstić information content (AvgIpc) is 3.02. The molecule has 0 radical (unpaired) electrons. The van der Waals surface area contributed by atoms with Gasteiger partial charge < -0.3 is 4.74 Å². The molecule has 3 rings (SSSR count). The summed E-state index contributed by atoms with van der Waals surface area (Å²) in [6, 6.07) is 11.8. The van der Waals surface area contributed by atoms with Gasteiger partial charge in [-0.3, -0.25) is 0 Å². The monoisotopic (exact) mass is 266 g/mol. The molecule has 20 heavy (non-hydrogen) atoms. The first-order valence-corrected chi connectivity index (χ1v) is 6.33. The topological polar surface area (TPSA) is 52.8 Å². The summed E-state index contributed by atoms with van der Waals surface area (Å²) < 4.78 is 7.38. The molecule has 0 atom stereocenters. The first-order valence-electron chi connectivity index (χ1n) is 6.33. The number of hydrogen-bond acceptors (Lipinski definition) is 4. The van der Waals surface area contributed by atoms with E-state index in [1.807, 2.05) is 43.3 Å². The van der Waals surface area contributed by atoms with Gasteiger partial charge in [-0.25, -0.2) is 9.67 Å². The van der Waals surface area contributed by atoms with E-state index >= 15 is 0 Å². The number of hydrogen-bond donors (Lipinski definition) is 0. The maximum absolute atomic E-state index is 5.77. The molecule has 0 aliphatic rings. The number of aryl methyl sites for hydroxylation is 1. The lowest BCUT2D eigenvalue weighted by Gasteiger charge is -2.09. The van der Waals surface area contributed by atoms with Gasteiger partial charge in [0.05, 0.1) is 0 Å². The molecule has 3 aromatic rings. The summed E-state index contributed by atoms with van der Waals surface area (Å²) in [6.45, 7) is 2.41. The van der Waals surface area contributed by atoms with Crippen molar-refractivity contribution < 1.29 is 4.74 Å². The molecule has 0 saturated carbocycles. The predicted molar refractivity (Wildman–Crippen MR) is 74.7 cm³/mol. The molecule has 0 N–H and O–H groups in total. The SMILES string of the molecule is Cc1cnc(-n2cccn2)nc1OCc1ccccc1. The molecular formula is C15H14N4O. The number of ether oxygens (including phenoxy) is 1. The second kappa shape index (κ2) is 5.52. The van der Waals surface area contributed by atoms with E-state index in [1.54, 1.807) is 23.3 Å². The molecule has 0 aliphatic carbocycles. The molecule has 0 saturated heterocycles. The van der Waals surface area contributed by atoms with E-state index in [9.17, 15) is 0 Å². The Bertz CT molecular complexity index is 680. The maximum Gasteiger partial charge on any atom is 0.253 e. The summed E-state index contributed by atoms with van der Waals surface area (Å²) in [5.41, 5.74) is 2.00. The van der Waals surface area contributed by atoms with Crippen LogP contribution in [0.2, 0.25) is 0 Å². The second-order valence-electron chi connectivity index (χ2n) is 4.38. The fourth-order valence-electron chi connectivity index (χ4n) is 1.79. The fraction of sp³-hybridized carbons (Fsp3) is 0.133. The average molecular weight is 266 g/mol. The van der Waals surface area contributed by atoms with Gasteiger partial charge in [0, 0.05) is 24.2 Å². The number of aromatic nitrogens is 4. The molecule has 0 unspecified atom stereocenters. The van der Waals surface area contributed by atoms with Crippen LogP contribution in [0.15, 0.2) is 55.0 Å². The Labute approximate surface area is 116 Å². The van der Waals surface area contributed by atoms with Crippen molar-refractivity contribution in [2.24, 2.45) is 0 Å². The summed E-state index contributed by atoms with van der Waals surface area (Å²) in [4.78, 5) is 8.64. The summed E-state index contributed by atoms with van der Waals surface area (Å²) in [6.07, 6.45) is 5.23. The van der Waals surface area contributed by atoms with Crippen LogP contribution in [-0.4, -0.2) is 19.7 Å². The van der Waals surface area contributed by atoms with Crippen LogP contribution in [0.5, 0.6) is 5.88 Å². The van der Waals surface area contributed by atoms with Crippen LogP contribution >= 0.6 is 0 Å². The largest absolute Gasteiger partial charge is 0.472 e. The van der Waals surface area contributed by atoms with Gasteiger partial charge in [-0.1, -0.05) is 30.3 Å². The summed E-state index contributed by atoms with van der Waals surface area (Å²) >= 11 is 0. The van der Waals surface area contributed by atoms with E-state index in [0.717, 1.165) is 11.1 Å². The number of nitrogens with zero attached hydrogens (tertiary/aromatic N) is 4. The van der Waals surface area contributed by atoms with Crippen molar-refractivity contribution in [1.29, 1.82) is 0 Å². The van der Waals surface area contributed by atoms with Crippen molar-refractivity contribution >= 4 is 0 Å². The standard InChI is InChI=1S/C15H14N4O/c1-12-10-16-15(19-9-5-8-17-19)18-14(12)20-11-13-6-3-2-4-7-13/h2-10H,11H2,1H3. The van der Waals surface area contributed by atoms with Gasteiger partial charge in [0.2, 0.25) is 5.88 Å². The Morgan fingerprint density at radius 1 is 1.15 bits per heavy atom. The number of benzene rings is 1. The van der Waals surface area contributed by atoms with Crippen molar-refractivity contribution in [3.05, 3.63) is 66.1 Å². The third kappa shape index (κ3) is 2.66. The van der Waals surface area contributed by atoms with Gasteiger partial charge in [0.25, 0.3) is 5.95 Å².